The van der Waals surface area contributed by atoms with Crippen LogP contribution in [0.1, 0.15) is 44.5 Å². The minimum Gasteiger partial charge on any atom is -0.310 e. The second-order valence-corrected chi connectivity index (χ2v) is 35.0. The van der Waals surface area contributed by atoms with Crippen molar-refractivity contribution in [3.8, 4) is 33.6 Å². The number of para-hydroxylation sites is 4. The molecule has 2 aliphatic rings. The standard InChI is InChI=1S/2C59H38N2S/c1-4-18-40(19-5-1)59(41-20-6-2-7-21-41)50-36-31-39-17-10-11-24-45(39)57(50)48-35-33-43(37-51(48)59)60(53-28-16-30-56-58(53)49-26-13-15-29-55(49)62-56)44-32-34-47-46-25-12-14-27-52(46)61(54(47)38-44)42-22-8-3-9-23-42;1-4-17-40(18-5-1)59(41-19-6-2-7-20-41)52-34-28-39-16-10-11-23-46(39)58(52)50-33-30-44(37-53(50)59)60(43-31-35-57-51(36-43)49-25-13-15-27-56(49)62-57)45-29-32-48-47-24-12-14-26-54(47)61(55(48)38-45)42-21-8-3-9-22-42/h2*1-38H. The maximum absolute atomic E-state index is 2.52. The summed E-state index contributed by atoms with van der Waals surface area (Å²) in [6, 6.07) is 171. The van der Waals surface area contributed by atoms with Crippen LogP contribution in [0.15, 0.2) is 461 Å². The zero-order valence-corrected chi connectivity index (χ0v) is 69.1. The molecule has 24 aromatic rings. The van der Waals surface area contributed by atoms with E-state index >= 15 is 0 Å². The van der Waals surface area contributed by atoms with Gasteiger partial charge in [-0.1, -0.05) is 334 Å². The van der Waals surface area contributed by atoms with E-state index in [1.165, 1.54) is 172 Å². The van der Waals surface area contributed by atoms with Crippen molar-refractivity contribution in [2.45, 2.75) is 10.8 Å². The lowest BCUT2D eigenvalue weighted by Crippen LogP contribution is -2.28. The van der Waals surface area contributed by atoms with Crippen LogP contribution in [0.4, 0.5) is 34.1 Å². The largest absolute Gasteiger partial charge is 0.310 e. The first-order valence-electron chi connectivity index (χ1n) is 42.7. The summed E-state index contributed by atoms with van der Waals surface area (Å²) in [5, 5.41) is 15.1. The van der Waals surface area contributed by atoms with E-state index in [0.717, 1.165) is 45.5 Å². The average molecular weight is 1610 g/mol. The summed E-state index contributed by atoms with van der Waals surface area (Å²) in [6.45, 7) is 0. The molecule has 4 heterocycles. The first kappa shape index (κ1) is 71.5. The third kappa shape index (κ3) is 10.8. The fraction of sp³-hybridized carbons (Fsp3) is 0.0169. The predicted octanol–water partition coefficient (Wildman–Crippen LogP) is 32.3. The van der Waals surface area contributed by atoms with Crippen molar-refractivity contribution in [2.24, 2.45) is 0 Å². The molecule has 580 valence electrons. The van der Waals surface area contributed by atoms with E-state index in [4.69, 9.17) is 0 Å². The molecule has 0 amide bonds. The molecule has 2 aliphatic carbocycles. The number of thiophene rings is 2. The Bertz CT molecular complexity index is 8300. The normalized spacial score (nSPS) is 13.0. The van der Waals surface area contributed by atoms with Gasteiger partial charge in [0.1, 0.15) is 0 Å². The van der Waals surface area contributed by atoms with E-state index in [-0.39, 0.29) is 0 Å². The molecule has 4 aromatic heterocycles. The Morgan fingerprint density at radius 3 is 1.05 bits per heavy atom. The van der Waals surface area contributed by atoms with Crippen molar-refractivity contribution in [2.75, 3.05) is 9.80 Å². The quantitative estimate of drug-likeness (QED) is 0.121. The molecule has 0 fully saturated rings. The highest BCUT2D eigenvalue weighted by Gasteiger charge is 2.49. The third-order valence-electron chi connectivity index (χ3n) is 26.5. The molecule has 0 bridgehead atoms. The van der Waals surface area contributed by atoms with E-state index in [1.54, 1.807) is 0 Å². The van der Waals surface area contributed by atoms with Crippen LogP contribution in [-0.4, -0.2) is 9.13 Å². The van der Waals surface area contributed by atoms with E-state index in [0.29, 0.717) is 0 Å². The minimum atomic E-state index is -0.566. The number of aromatic nitrogens is 2. The van der Waals surface area contributed by atoms with E-state index in [1.807, 2.05) is 22.7 Å². The number of hydrogen-bond donors (Lipinski definition) is 0. The molecular formula is C118H76N4S2. The summed E-state index contributed by atoms with van der Waals surface area (Å²) in [5.41, 5.74) is 28.0. The zero-order valence-electron chi connectivity index (χ0n) is 67.5. The van der Waals surface area contributed by atoms with Gasteiger partial charge in [-0.15, -0.1) is 22.7 Å². The molecule has 0 atom stereocenters. The first-order valence-corrected chi connectivity index (χ1v) is 44.3. The maximum Gasteiger partial charge on any atom is 0.0714 e. The highest BCUT2D eigenvalue weighted by atomic mass is 32.1. The molecule has 0 radical (unpaired) electrons. The lowest BCUT2D eigenvalue weighted by molar-refractivity contribution is 0.769. The van der Waals surface area contributed by atoms with Crippen LogP contribution in [0, 0.1) is 0 Å². The molecule has 6 heteroatoms. The number of anilines is 6. The van der Waals surface area contributed by atoms with Gasteiger partial charge in [-0.3, -0.25) is 0 Å². The Morgan fingerprint density at radius 2 is 0.548 bits per heavy atom. The van der Waals surface area contributed by atoms with E-state index in [2.05, 4.69) is 480 Å². The molecule has 0 spiro atoms. The van der Waals surface area contributed by atoms with Gasteiger partial charge in [0, 0.05) is 102 Å². The van der Waals surface area contributed by atoms with Crippen LogP contribution in [0.3, 0.4) is 0 Å². The fourth-order valence-electron chi connectivity index (χ4n) is 21.3. The van der Waals surface area contributed by atoms with Gasteiger partial charge in [0.25, 0.3) is 0 Å². The highest BCUT2D eigenvalue weighted by Crippen LogP contribution is 2.62. The Labute approximate surface area is 725 Å². The smallest absolute Gasteiger partial charge is 0.0714 e. The summed E-state index contributed by atoms with van der Waals surface area (Å²) in [5.74, 6) is 0. The Hall–Kier alpha value is -15.4. The third-order valence-corrected chi connectivity index (χ3v) is 28.8. The van der Waals surface area contributed by atoms with Gasteiger partial charge < -0.3 is 18.9 Å². The van der Waals surface area contributed by atoms with E-state index < -0.39 is 10.8 Å². The highest BCUT2D eigenvalue weighted by molar-refractivity contribution is 7.26. The molecule has 20 aromatic carbocycles. The monoisotopic (exact) mass is 1610 g/mol. The van der Waals surface area contributed by atoms with Gasteiger partial charge in [0.05, 0.1) is 38.6 Å². The molecule has 0 unspecified atom stereocenters. The molecule has 4 nitrogen and oxygen atoms in total. The van der Waals surface area contributed by atoms with Crippen LogP contribution < -0.4 is 9.80 Å². The molecule has 0 saturated carbocycles. The first-order chi connectivity index (χ1) is 61.5. The van der Waals surface area contributed by atoms with Crippen LogP contribution in [0.5, 0.6) is 0 Å². The fourth-order valence-corrected chi connectivity index (χ4v) is 23.6. The second kappa shape index (κ2) is 28.6. The van der Waals surface area contributed by atoms with Crippen LogP contribution in [0.25, 0.3) is 139 Å². The number of hydrogen-bond acceptors (Lipinski definition) is 4. The van der Waals surface area contributed by atoms with Crippen molar-refractivity contribution in [3.05, 3.63) is 506 Å². The van der Waals surface area contributed by atoms with Crippen LogP contribution in [0.2, 0.25) is 0 Å². The van der Waals surface area contributed by atoms with Crippen LogP contribution in [-0.2, 0) is 10.8 Å². The summed E-state index contributed by atoms with van der Waals surface area (Å²) < 4.78 is 10.0. The second-order valence-electron chi connectivity index (χ2n) is 32.8. The van der Waals surface area contributed by atoms with Crippen LogP contribution >= 0.6 is 22.7 Å². The zero-order chi connectivity index (χ0) is 81.6. The number of benzene rings is 20. The number of nitrogens with zero attached hydrogens (tertiary/aromatic N) is 4. The maximum atomic E-state index is 2.52. The molecular weight excluding hydrogens is 1540 g/mol. The van der Waals surface area contributed by atoms with Crippen molar-refractivity contribution < 1.29 is 0 Å². The summed E-state index contributed by atoms with van der Waals surface area (Å²) in [6.07, 6.45) is 0. The minimum absolute atomic E-state index is 0.559. The molecule has 124 heavy (non-hydrogen) atoms. The summed E-state index contributed by atoms with van der Waals surface area (Å²) in [7, 11) is 0. The van der Waals surface area contributed by atoms with Gasteiger partial charge >= 0.3 is 0 Å². The number of fused-ring (bicyclic) bond motifs is 22. The van der Waals surface area contributed by atoms with E-state index in [9.17, 15) is 0 Å². The molecule has 0 N–H and O–H groups in total. The van der Waals surface area contributed by atoms with Crippen molar-refractivity contribution in [1.82, 2.24) is 9.13 Å². The molecule has 26 rings (SSSR count). The van der Waals surface area contributed by atoms with Crippen molar-refractivity contribution in [3.63, 3.8) is 0 Å². The van der Waals surface area contributed by atoms with Gasteiger partial charge in [-0.25, -0.2) is 0 Å². The number of rotatable bonds is 12. The Morgan fingerprint density at radius 1 is 0.202 bits per heavy atom. The van der Waals surface area contributed by atoms with Crippen molar-refractivity contribution in [1.29, 1.82) is 0 Å². The topological polar surface area (TPSA) is 16.3 Å². The lowest BCUT2D eigenvalue weighted by Gasteiger charge is -2.35. The summed E-state index contributed by atoms with van der Waals surface area (Å²) >= 11 is 3.73. The lowest BCUT2D eigenvalue weighted by atomic mass is 9.67. The SMILES string of the molecule is c1ccc(-n2c3ccccc3c3ccc(N(c4ccc5c(c4)C(c4ccccc4)(c4ccccc4)c4ccc6ccccc6c4-5)c4ccc5sc6ccccc6c5c4)cc32)cc1.c1ccc(-n2c3ccccc3c3ccc(N(c4ccc5c(c4)C(c4ccccc4)(c4ccccc4)c4ccc6ccccc6c4-5)c4cccc5sc6ccccc6c45)cc32)cc1. The van der Waals surface area contributed by atoms with Gasteiger partial charge in [-0.2, -0.15) is 0 Å². The Kier molecular flexibility index (Phi) is 16.5. The van der Waals surface area contributed by atoms with Crippen molar-refractivity contribution >= 4 is 162 Å². The molecule has 0 aliphatic heterocycles. The van der Waals surface area contributed by atoms with Gasteiger partial charge in [0.2, 0.25) is 0 Å². The van der Waals surface area contributed by atoms with Gasteiger partial charge in [-0.05, 0) is 216 Å². The summed E-state index contributed by atoms with van der Waals surface area (Å²) in [4.78, 5) is 5.01. The molecule has 0 saturated heterocycles. The van der Waals surface area contributed by atoms with Gasteiger partial charge in [0.15, 0.2) is 0 Å². The Balaban J connectivity index is 0.000000136. The predicted molar refractivity (Wildman–Crippen MR) is 526 cm³/mol. The average Bonchev–Trinajstić information content (AvgIpc) is 1.53.